The lowest BCUT2D eigenvalue weighted by Crippen LogP contribution is -2.70. The second kappa shape index (κ2) is 9.00. The summed E-state index contributed by atoms with van der Waals surface area (Å²) < 4.78 is 0. The molecule has 2 fully saturated rings. The molecule has 3 aliphatic heterocycles. The molecule has 0 spiro atoms. The van der Waals surface area contributed by atoms with E-state index in [1.54, 1.807) is 0 Å². The minimum atomic E-state index is -0.527. The first kappa shape index (κ1) is 22.0. The number of hydrogen-bond donors (Lipinski definition) is 1. The van der Waals surface area contributed by atoms with Crippen LogP contribution in [0.5, 0.6) is 0 Å². The number of carbonyl (C=O) groups excluding carboxylic acids is 2. The van der Waals surface area contributed by atoms with Crippen molar-refractivity contribution in [3.8, 4) is 0 Å². The predicted molar refractivity (Wildman–Crippen MR) is 116 cm³/mol. The molecule has 0 aliphatic carbocycles. The number of Topliss-reactive ketones (excluding diaryl/α,β-unsaturated/α-hetero) is 1. The number of carbonyl (C=O) groups is 2. The van der Waals surface area contributed by atoms with E-state index in [0.717, 1.165) is 39.1 Å². The van der Waals surface area contributed by atoms with E-state index in [9.17, 15) is 9.59 Å². The molecule has 3 heterocycles. The Morgan fingerprint density at radius 2 is 1.90 bits per heavy atom. The van der Waals surface area contributed by atoms with Crippen molar-refractivity contribution in [2.24, 2.45) is 5.92 Å². The molecule has 0 radical (unpaired) electrons. The van der Waals surface area contributed by atoms with E-state index >= 15 is 0 Å². The molecular weight excluding hydrogens is 364 g/mol. The van der Waals surface area contributed by atoms with E-state index in [1.165, 1.54) is 6.42 Å². The first-order valence-corrected chi connectivity index (χ1v) is 11.1. The van der Waals surface area contributed by atoms with Crippen molar-refractivity contribution < 1.29 is 9.59 Å². The maximum Gasteiger partial charge on any atom is 0.210 e. The molecule has 1 amide bonds. The minimum absolute atomic E-state index is 0.243. The molecule has 0 bridgehead atoms. The summed E-state index contributed by atoms with van der Waals surface area (Å²) in [6, 6.07) is -0.294. The zero-order valence-corrected chi connectivity index (χ0v) is 18.6. The van der Waals surface area contributed by atoms with Crippen LogP contribution in [0.1, 0.15) is 47.0 Å². The Bertz CT molecular complexity index is 649. The van der Waals surface area contributed by atoms with Crippen molar-refractivity contribution in [2.75, 3.05) is 39.3 Å². The van der Waals surface area contributed by atoms with Gasteiger partial charge in [0.15, 0.2) is 5.78 Å². The molecule has 2 saturated heterocycles. The molecule has 1 N–H and O–H groups in total. The SMILES string of the molecule is CC(C)CCN1CCN(C2(C(=O)C3C=CC=CN3)CCN(C=O)C(C)(C)C2)CC1. The monoisotopic (exact) mass is 402 g/mol. The van der Waals surface area contributed by atoms with Crippen LogP contribution in [0.2, 0.25) is 0 Å². The summed E-state index contributed by atoms with van der Waals surface area (Å²) in [6.07, 6.45) is 11.2. The number of hydrogen-bond acceptors (Lipinski definition) is 5. The fourth-order valence-electron chi connectivity index (χ4n) is 5.08. The van der Waals surface area contributed by atoms with Gasteiger partial charge < -0.3 is 15.1 Å². The highest BCUT2D eigenvalue weighted by molar-refractivity contribution is 5.95. The number of piperidine rings is 1. The van der Waals surface area contributed by atoms with Crippen molar-refractivity contribution in [3.05, 3.63) is 24.4 Å². The summed E-state index contributed by atoms with van der Waals surface area (Å²) in [5.41, 5.74) is -0.862. The average molecular weight is 403 g/mol. The zero-order valence-electron chi connectivity index (χ0n) is 18.6. The average Bonchev–Trinajstić information content (AvgIpc) is 2.72. The molecule has 0 aromatic carbocycles. The van der Waals surface area contributed by atoms with E-state index in [1.807, 2.05) is 29.3 Å². The van der Waals surface area contributed by atoms with Gasteiger partial charge in [0.1, 0.15) is 6.04 Å². The van der Waals surface area contributed by atoms with Gasteiger partial charge in [0.05, 0.1) is 5.54 Å². The quantitative estimate of drug-likeness (QED) is 0.661. The van der Waals surface area contributed by atoms with Gasteiger partial charge in [-0.05, 0) is 57.8 Å². The van der Waals surface area contributed by atoms with Crippen LogP contribution in [0.4, 0.5) is 0 Å². The van der Waals surface area contributed by atoms with Crippen LogP contribution < -0.4 is 5.32 Å². The van der Waals surface area contributed by atoms with Crippen molar-refractivity contribution in [2.45, 2.75) is 64.1 Å². The number of amides is 1. The fourth-order valence-corrected chi connectivity index (χ4v) is 5.08. The molecule has 3 aliphatic rings. The summed E-state index contributed by atoms with van der Waals surface area (Å²) in [6.45, 7) is 14.3. The van der Waals surface area contributed by atoms with Crippen LogP contribution in [0.3, 0.4) is 0 Å². The Hall–Kier alpha value is -1.66. The third-order valence-corrected chi connectivity index (χ3v) is 6.92. The van der Waals surface area contributed by atoms with Crippen molar-refractivity contribution in [1.29, 1.82) is 0 Å². The van der Waals surface area contributed by atoms with Crippen LogP contribution in [0, 0.1) is 5.92 Å². The Morgan fingerprint density at radius 1 is 1.17 bits per heavy atom. The zero-order chi connectivity index (χ0) is 21.1. The van der Waals surface area contributed by atoms with Gasteiger partial charge in [0.2, 0.25) is 6.41 Å². The summed E-state index contributed by atoms with van der Waals surface area (Å²) in [4.78, 5) is 32.3. The normalized spacial score (nSPS) is 30.4. The van der Waals surface area contributed by atoms with E-state index < -0.39 is 5.54 Å². The minimum Gasteiger partial charge on any atom is -0.378 e. The number of allylic oxidation sites excluding steroid dienone is 2. The Balaban J connectivity index is 1.79. The third kappa shape index (κ3) is 4.75. The highest BCUT2D eigenvalue weighted by Gasteiger charge is 2.53. The number of nitrogens with zero attached hydrogens (tertiary/aromatic N) is 3. The number of nitrogens with one attached hydrogen (secondary N) is 1. The molecular formula is C23H38N4O2. The molecule has 0 aromatic rings. The summed E-state index contributed by atoms with van der Waals surface area (Å²) in [7, 11) is 0. The fraction of sp³-hybridized carbons (Fsp3) is 0.739. The van der Waals surface area contributed by atoms with Crippen molar-refractivity contribution >= 4 is 12.2 Å². The molecule has 0 aromatic heterocycles. The Kier molecular flexibility index (Phi) is 6.84. The highest BCUT2D eigenvalue weighted by atomic mass is 16.1. The van der Waals surface area contributed by atoms with Gasteiger partial charge in [-0.1, -0.05) is 26.0 Å². The first-order valence-electron chi connectivity index (χ1n) is 11.1. The number of piperazine rings is 1. The van der Waals surface area contributed by atoms with E-state index in [4.69, 9.17) is 0 Å². The molecule has 29 heavy (non-hydrogen) atoms. The Labute approximate surface area is 176 Å². The molecule has 162 valence electrons. The number of likely N-dealkylation sites (tertiary alicyclic amines) is 1. The highest BCUT2D eigenvalue weighted by Crippen LogP contribution is 2.40. The third-order valence-electron chi connectivity index (χ3n) is 6.92. The van der Waals surface area contributed by atoms with Gasteiger partial charge in [0.25, 0.3) is 0 Å². The summed E-state index contributed by atoms with van der Waals surface area (Å²) in [5, 5.41) is 3.24. The van der Waals surface area contributed by atoms with Gasteiger partial charge in [-0.3, -0.25) is 14.5 Å². The second-order valence-electron chi connectivity index (χ2n) is 9.83. The maximum atomic E-state index is 13.8. The topological polar surface area (TPSA) is 55.9 Å². The molecule has 3 rings (SSSR count). The lowest BCUT2D eigenvalue weighted by atomic mass is 9.71. The standard InChI is InChI=1S/C23H38N4O2/c1-19(2)8-11-25-13-15-26(16-14-25)23(21(29)20-7-5-6-10-24-20)9-12-27(18-28)22(3,4)17-23/h5-7,10,18-20,24H,8-9,11-17H2,1-4H3. The van der Waals surface area contributed by atoms with Crippen LogP contribution in [-0.2, 0) is 9.59 Å². The number of ketones is 1. The number of rotatable bonds is 7. The van der Waals surface area contributed by atoms with Crippen molar-refractivity contribution in [3.63, 3.8) is 0 Å². The summed E-state index contributed by atoms with van der Waals surface area (Å²) in [5.74, 6) is 0.957. The van der Waals surface area contributed by atoms with E-state index in [2.05, 4.69) is 42.8 Å². The lowest BCUT2D eigenvalue weighted by molar-refractivity contribution is -0.147. The van der Waals surface area contributed by atoms with Crippen LogP contribution >= 0.6 is 0 Å². The molecule has 0 saturated carbocycles. The Morgan fingerprint density at radius 3 is 2.45 bits per heavy atom. The van der Waals surface area contributed by atoms with Crippen LogP contribution in [0.15, 0.2) is 24.4 Å². The largest absolute Gasteiger partial charge is 0.378 e. The molecule has 6 heteroatoms. The van der Waals surface area contributed by atoms with Crippen LogP contribution in [-0.4, -0.2) is 83.3 Å². The maximum absolute atomic E-state index is 13.8. The van der Waals surface area contributed by atoms with Crippen LogP contribution in [0.25, 0.3) is 0 Å². The smallest absolute Gasteiger partial charge is 0.210 e. The lowest BCUT2D eigenvalue weighted by Gasteiger charge is -2.55. The first-order chi connectivity index (χ1) is 13.8. The van der Waals surface area contributed by atoms with Gasteiger partial charge in [-0.25, -0.2) is 0 Å². The molecule has 2 atom stereocenters. The van der Waals surface area contributed by atoms with Gasteiger partial charge in [-0.2, -0.15) is 0 Å². The summed E-state index contributed by atoms with van der Waals surface area (Å²) >= 11 is 0. The molecule has 6 nitrogen and oxygen atoms in total. The van der Waals surface area contributed by atoms with Gasteiger partial charge in [0, 0.05) is 38.3 Å². The second-order valence-corrected chi connectivity index (χ2v) is 9.83. The van der Waals surface area contributed by atoms with Gasteiger partial charge in [-0.15, -0.1) is 0 Å². The van der Waals surface area contributed by atoms with Gasteiger partial charge >= 0.3 is 0 Å². The predicted octanol–water partition coefficient (Wildman–Crippen LogP) is 2.03. The van der Waals surface area contributed by atoms with E-state index in [0.29, 0.717) is 25.3 Å². The molecule has 2 unspecified atom stereocenters. The number of dihydropyridines is 1. The van der Waals surface area contributed by atoms with Crippen molar-refractivity contribution in [1.82, 2.24) is 20.0 Å². The van der Waals surface area contributed by atoms with E-state index in [-0.39, 0.29) is 17.4 Å².